The summed E-state index contributed by atoms with van der Waals surface area (Å²) in [6.45, 7) is 4.24. The predicted octanol–water partition coefficient (Wildman–Crippen LogP) is 2.72. The first-order valence-electron chi connectivity index (χ1n) is 5.54. The highest BCUT2D eigenvalue weighted by molar-refractivity contribution is 5.43. The minimum atomic E-state index is 0.218. The van der Waals surface area contributed by atoms with Crippen LogP contribution in [0.5, 0.6) is 5.75 Å². The van der Waals surface area contributed by atoms with Gasteiger partial charge >= 0.3 is 0 Å². The predicted molar refractivity (Wildman–Crippen MR) is 62.1 cm³/mol. The summed E-state index contributed by atoms with van der Waals surface area (Å²) in [5, 5.41) is 0. The molecule has 1 fully saturated rings. The van der Waals surface area contributed by atoms with Crippen LogP contribution < -0.4 is 10.5 Å². The van der Waals surface area contributed by atoms with Crippen molar-refractivity contribution < 1.29 is 4.74 Å². The highest BCUT2D eigenvalue weighted by Crippen LogP contribution is 2.41. The van der Waals surface area contributed by atoms with Gasteiger partial charge in [-0.25, -0.2) is 0 Å². The van der Waals surface area contributed by atoms with E-state index in [0.717, 1.165) is 5.75 Å². The lowest BCUT2D eigenvalue weighted by Gasteiger charge is -2.18. The number of hydrogen-bond acceptors (Lipinski definition) is 2. The Labute approximate surface area is 91.4 Å². The maximum Gasteiger partial charge on any atom is 0.119 e. The molecule has 15 heavy (non-hydrogen) atoms. The average Bonchev–Trinajstić information content (AvgIpc) is 2.99. The van der Waals surface area contributed by atoms with Gasteiger partial charge in [0.2, 0.25) is 0 Å². The van der Waals surface area contributed by atoms with Crippen LogP contribution in [0.15, 0.2) is 12.1 Å². The van der Waals surface area contributed by atoms with Crippen LogP contribution in [-0.2, 0) is 0 Å². The second-order valence-corrected chi connectivity index (χ2v) is 4.54. The molecule has 1 saturated carbocycles. The maximum absolute atomic E-state index is 6.25. The van der Waals surface area contributed by atoms with Crippen molar-refractivity contribution >= 4 is 0 Å². The molecule has 0 radical (unpaired) electrons. The van der Waals surface area contributed by atoms with Gasteiger partial charge in [-0.05, 0) is 61.4 Å². The highest BCUT2D eigenvalue weighted by atomic mass is 16.5. The zero-order valence-electron chi connectivity index (χ0n) is 9.71. The fourth-order valence-electron chi connectivity index (χ4n) is 2.27. The van der Waals surface area contributed by atoms with Crippen LogP contribution >= 0.6 is 0 Å². The average molecular weight is 205 g/mol. The van der Waals surface area contributed by atoms with Crippen LogP contribution in [-0.4, -0.2) is 7.11 Å². The van der Waals surface area contributed by atoms with Gasteiger partial charge < -0.3 is 10.5 Å². The third-order valence-electron chi connectivity index (χ3n) is 3.27. The molecule has 1 aromatic carbocycles. The number of aryl methyl sites for hydroxylation is 2. The number of nitrogens with two attached hydrogens (primary N) is 1. The lowest BCUT2D eigenvalue weighted by molar-refractivity contribution is 0.413. The molecule has 2 N–H and O–H groups in total. The first-order chi connectivity index (χ1) is 7.13. The lowest BCUT2D eigenvalue weighted by Crippen LogP contribution is -2.15. The van der Waals surface area contributed by atoms with Crippen molar-refractivity contribution in [1.82, 2.24) is 0 Å². The Morgan fingerprint density at radius 2 is 1.80 bits per heavy atom. The van der Waals surface area contributed by atoms with E-state index in [4.69, 9.17) is 10.5 Å². The second-order valence-electron chi connectivity index (χ2n) is 4.54. The minimum Gasteiger partial charge on any atom is -0.497 e. The van der Waals surface area contributed by atoms with Gasteiger partial charge in [-0.3, -0.25) is 0 Å². The molecule has 0 saturated heterocycles. The van der Waals surface area contributed by atoms with Crippen molar-refractivity contribution in [1.29, 1.82) is 0 Å². The van der Waals surface area contributed by atoms with Crippen molar-refractivity contribution in [2.75, 3.05) is 7.11 Å². The van der Waals surface area contributed by atoms with Gasteiger partial charge in [0.1, 0.15) is 5.75 Å². The van der Waals surface area contributed by atoms with Gasteiger partial charge in [0, 0.05) is 6.04 Å². The normalized spacial score (nSPS) is 17.6. The Kier molecular flexibility index (Phi) is 2.70. The van der Waals surface area contributed by atoms with Crippen molar-refractivity contribution in [3.05, 3.63) is 28.8 Å². The van der Waals surface area contributed by atoms with E-state index in [-0.39, 0.29) is 6.04 Å². The van der Waals surface area contributed by atoms with E-state index in [9.17, 15) is 0 Å². The molecule has 0 aliphatic heterocycles. The monoisotopic (exact) mass is 205 g/mol. The van der Waals surface area contributed by atoms with Crippen molar-refractivity contribution in [2.45, 2.75) is 32.7 Å². The molecule has 1 aliphatic rings. The SMILES string of the molecule is COc1cc(C)c(C(N)C2CC2)c(C)c1. The Bertz CT molecular complexity index is 346. The summed E-state index contributed by atoms with van der Waals surface area (Å²) in [4.78, 5) is 0. The Morgan fingerprint density at radius 3 is 2.20 bits per heavy atom. The summed E-state index contributed by atoms with van der Waals surface area (Å²) < 4.78 is 5.25. The molecule has 0 aromatic heterocycles. The number of benzene rings is 1. The number of hydrogen-bond donors (Lipinski definition) is 1. The molecule has 2 nitrogen and oxygen atoms in total. The molecule has 82 valence electrons. The van der Waals surface area contributed by atoms with Gasteiger partial charge in [-0.2, -0.15) is 0 Å². The summed E-state index contributed by atoms with van der Waals surface area (Å²) in [6, 6.07) is 4.37. The molecule has 2 rings (SSSR count). The van der Waals surface area contributed by atoms with E-state index >= 15 is 0 Å². The molecular weight excluding hydrogens is 186 g/mol. The third kappa shape index (κ3) is 2.00. The Hall–Kier alpha value is -1.02. The van der Waals surface area contributed by atoms with Crippen LogP contribution in [0.4, 0.5) is 0 Å². The zero-order valence-corrected chi connectivity index (χ0v) is 9.71. The van der Waals surface area contributed by atoms with Gasteiger partial charge in [-0.15, -0.1) is 0 Å². The van der Waals surface area contributed by atoms with E-state index in [0.29, 0.717) is 5.92 Å². The van der Waals surface area contributed by atoms with Gasteiger partial charge in [0.25, 0.3) is 0 Å². The Morgan fingerprint density at radius 1 is 1.27 bits per heavy atom. The molecule has 1 unspecified atom stereocenters. The van der Waals surface area contributed by atoms with Crippen LogP contribution in [0.2, 0.25) is 0 Å². The largest absolute Gasteiger partial charge is 0.497 e. The van der Waals surface area contributed by atoms with Crippen molar-refractivity contribution in [3.8, 4) is 5.75 Å². The summed E-state index contributed by atoms with van der Waals surface area (Å²) in [5.74, 6) is 1.63. The maximum atomic E-state index is 6.25. The summed E-state index contributed by atoms with van der Waals surface area (Å²) in [7, 11) is 1.70. The fourth-order valence-corrected chi connectivity index (χ4v) is 2.27. The Balaban J connectivity index is 2.37. The molecule has 1 atom stereocenters. The smallest absolute Gasteiger partial charge is 0.119 e. The number of rotatable bonds is 3. The molecule has 1 aromatic rings. The lowest BCUT2D eigenvalue weighted by atomic mass is 9.93. The van der Waals surface area contributed by atoms with Gasteiger partial charge in [0.15, 0.2) is 0 Å². The van der Waals surface area contributed by atoms with Crippen LogP contribution in [0, 0.1) is 19.8 Å². The van der Waals surface area contributed by atoms with Crippen LogP contribution in [0.1, 0.15) is 35.6 Å². The highest BCUT2D eigenvalue weighted by Gasteiger charge is 2.31. The second kappa shape index (κ2) is 3.86. The van der Waals surface area contributed by atoms with E-state index in [2.05, 4.69) is 26.0 Å². The first-order valence-corrected chi connectivity index (χ1v) is 5.54. The summed E-state index contributed by atoms with van der Waals surface area (Å²) in [5.41, 5.74) is 10.1. The van der Waals surface area contributed by atoms with Gasteiger partial charge in [-0.1, -0.05) is 0 Å². The molecular formula is C13H19NO. The third-order valence-corrected chi connectivity index (χ3v) is 3.27. The van der Waals surface area contributed by atoms with E-state index < -0.39 is 0 Å². The van der Waals surface area contributed by atoms with Crippen LogP contribution in [0.3, 0.4) is 0 Å². The van der Waals surface area contributed by atoms with Gasteiger partial charge in [0.05, 0.1) is 7.11 Å². The molecule has 0 bridgehead atoms. The molecule has 0 spiro atoms. The topological polar surface area (TPSA) is 35.2 Å². The molecule has 0 amide bonds. The minimum absolute atomic E-state index is 0.218. The van der Waals surface area contributed by atoms with Crippen molar-refractivity contribution in [2.24, 2.45) is 11.7 Å². The summed E-state index contributed by atoms with van der Waals surface area (Å²) in [6.07, 6.45) is 2.57. The fraction of sp³-hybridized carbons (Fsp3) is 0.538. The first kappa shape index (κ1) is 10.5. The quantitative estimate of drug-likeness (QED) is 0.823. The number of methoxy groups -OCH3 is 1. The number of ether oxygens (including phenoxy) is 1. The molecule has 1 aliphatic carbocycles. The van der Waals surface area contributed by atoms with E-state index in [1.165, 1.54) is 29.5 Å². The zero-order chi connectivity index (χ0) is 11.0. The molecule has 2 heteroatoms. The van der Waals surface area contributed by atoms with E-state index in [1.54, 1.807) is 7.11 Å². The van der Waals surface area contributed by atoms with E-state index in [1.807, 2.05) is 0 Å². The standard InChI is InChI=1S/C13H19NO/c1-8-6-11(15-3)7-9(2)12(8)13(14)10-4-5-10/h6-7,10,13H,4-5,14H2,1-3H3. The molecule has 0 heterocycles. The summed E-state index contributed by atoms with van der Waals surface area (Å²) >= 11 is 0. The van der Waals surface area contributed by atoms with Crippen molar-refractivity contribution in [3.63, 3.8) is 0 Å². The van der Waals surface area contributed by atoms with Crippen LogP contribution in [0.25, 0.3) is 0 Å².